The lowest BCUT2D eigenvalue weighted by Crippen LogP contribution is -2.41. The molecule has 0 bridgehead atoms. The number of unbranched alkanes of at least 4 members (excludes halogenated alkanes) is 10. The monoisotopic (exact) mass is 500 g/mol. The minimum absolute atomic E-state index is 0.0460. The number of hydrogen-bond donors (Lipinski definition) is 1. The minimum atomic E-state index is -4.17. The molecule has 33 heavy (non-hydrogen) atoms. The van der Waals surface area contributed by atoms with Gasteiger partial charge >= 0.3 is 6.03 Å². The Morgan fingerprint density at radius 3 is 1.97 bits per heavy atom. The molecule has 0 saturated carbocycles. The molecule has 6 nitrogen and oxygen atoms in total. The van der Waals surface area contributed by atoms with Gasteiger partial charge in [-0.05, 0) is 31.0 Å². The first-order valence-corrected chi connectivity index (χ1v) is 14.2. The Balaban J connectivity index is 2.59. The molecule has 0 aliphatic heterocycles. The van der Waals surface area contributed by atoms with E-state index in [1.807, 2.05) is 6.92 Å². The van der Waals surface area contributed by atoms with Crippen molar-refractivity contribution in [3.05, 3.63) is 28.8 Å². The number of sulfonamides is 1. The van der Waals surface area contributed by atoms with Gasteiger partial charge < -0.3 is 5.32 Å². The molecule has 0 saturated heterocycles. The number of ketones is 1. The van der Waals surface area contributed by atoms with Crippen LogP contribution < -0.4 is 5.32 Å². The third kappa shape index (κ3) is 10.5. The van der Waals surface area contributed by atoms with E-state index in [0.717, 1.165) is 19.3 Å². The van der Waals surface area contributed by atoms with Gasteiger partial charge in [-0.3, -0.25) is 4.79 Å². The van der Waals surface area contributed by atoms with Crippen molar-refractivity contribution in [2.24, 2.45) is 0 Å². The van der Waals surface area contributed by atoms with Crippen molar-refractivity contribution in [3.63, 3.8) is 0 Å². The summed E-state index contributed by atoms with van der Waals surface area (Å²) in [4.78, 5) is 24.8. The number of urea groups is 1. The van der Waals surface area contributed by atoms with Gasteiger partial charge in [0.05, 0.1) is 4.90 Å². The number of rotatable bonds is 17. The summed E-state index contributed by atoms with van der Waals surface area (Å²) in [5.74, 6) is -0.269. The van der Waals surface area contributed by atoms with Gasteiger partial charge in [0.1, 0.15) is 0 Å². The summed E-state index contributed by atoms with van der Waals surface area (Å²) in [6.07, 6.45) is 13.9. The standard InChI is InChI=1S/C25H41ClN2O4S/c1-4-6-7-8-9-10-11-12-13-14-15-16-23(29)22-20-21(26)17-18-24(22)33(31,32)28(3)25(30)27-19-5-2/h17-18,20H,4-16,19H2,1-3H3,(H,27,30). The summed E-state index contributed by atoms with van der Waals surface area (Å²) in [7, 11) is -2.99. The zero-order valence-electron chi connectivity index (χ0n) is 20.5. The second-order valence-electron chi connectivity index (χ2n) is 8.55. The Morgan fingerprint density at radius 2 is 1.42 bits per heavy atom. The maximum Gasteiger partial charge on any atom is 0.331 e. The van der Waals surface area contributed by atoms with Crippen molar-refractivity contribution in [1.82, 2.24) is 9.62 Å². The third-order valence-electron chi connectivity index (χ3n) is 5.70. The van der Waals surface area contributed by atoms with Crippen molar-refractivity contribution in [2.45, 2.75) is 102 Å². The average Bonchev–Trinajstić information content (AvgIpc) is 2.80. The fraction of sp³-hybridized carbons (Fsp3) is 0.680. The Hall–Kier alpha value is -1.60. The van der Waals surface area contributed by atoms with Crippen LogP contribution in [-0.2, 0) is 10.0 Å². The highest BCUT2D eigenvalue weighted by Gasteiger charge is 2.29. The molecule has 2 amide bonds. The van der Waals surface area contributed by atoms with Gasteiger partial charge in [-0.15, -0.1) is 0 Å². The number of benzene rings is 1. The largest absolute Gasteiger partial charge is 0.337 e. The van der Waals surface area contributed by atoms with Gasteiger partial charge in [0, 0.05) is 30.6 Å². The minimum Gasteiger partial charge on any atom is -0.337 e. The number of hydrogen-bond acceptors (Lipinski definition) is 4. The lowest BCUT2D eigenvalue weighted by Gasteiger charge is -2.20. The van der Waals surface area contributed by atoms with Crippen LogP contribution in [0.5, 0.6) is 0 Å². The molecule has 8 heteroatoms. The topological polar surface area (TPSA) is 83.6 Å². The van der Waals surface area contributed by atoms with Crippen molar-refractivity contribution in [1.29, 1.82) is 0 Å². The number of nitrogens with zero attached hydrogens (tertiary/aromatic N) is 1. The molecular weight excluding hydrogens is 460 g/mol. The fourth-order valence-electron chi connectivity index (χ4n) is 3.63. The predicted octanol–water partition coefficient (Wildman–Crippen LogP) is 6.96. The van der Waals surface area contributed by atoms with Gasteiger partial charge in [0.15, 0.2) is 5.78 Å². The summed E-state index contributed by atoms with van der Waals surface area (Å²) in [6, 6.07) is 3.38. The molecule has 0 aliphatic rings. The molecule has 188 valence electrons. The van der Waals surface area contributed by atoms with Crippen molar-refractivity contribution in [3.8, 4) is 0 Å². The van der Waals surface area contributed by atoms with E-state index in [4.69, 9.17) is 11.6 Å². The molecule has 0 aromatic heterocycles. The quantitative estimate of drug-likeness (QED) is 0.185. The van der Waals surface area contributed by atoms with Crippen molar-refractivity contribution in [2.75, 3.05) is 13.6 Å². The summed E-state index contributed by atoms with van der Waals surface area (Å²) < 4.78 is 26.6. The van der Waals surface area contributed by atoms with Gasteiger partial charge in [-0.25, -0.2) is 17.5 Å². The van der Waals surface area contributed by atoms with Crippen LogP contribution in [0.25, 0.3) is 0 Å². The molecule has 1 rings (SSSR count). The Kier molecular flexibility index (Phi) is 14.4. The van der Waals surface area contributed by atoms with Crippen LogP contribution in [0.15, 0.2) is 23.1 Å². The number of carbonyl (C=O) groups excluding carboxylic acids is 2. The van der Waals surface area contributed by atoms with E-state index >= 15 is 0 Å². The van der Waals surface area contributed by atoms with Gasteiger partial charge in [-0.1, -0.05) is 89.7 Å². The van der Waals surface area contributed by atoms with Gasteiger partial charge in [0.2, 0.25) is 0 Å². The molecule has 1 N–H and O–H groups in total. The Bertz CT molecular complexity index is 843. The molecule has 0 atom stereocenters. The fourth-order valence-corrected chi connectivity index (χ4v) is 5.07. The van der Waals surface area contributed by atoms with E-state index < -0.39 is 16.1 Å². The van der Waals surface area contributed by atoms with Crippen LogP contribution in [0.2, 0.25) is 5.02 Å². The zero-order valence-corrected chi connectivity index (χ0v) is 22.1. The first kappa shape index (κ1) is 29.4. The SMILES string of the molecule is CCCCCCCCCCCCCC(=O)c1cc(Cl)ccc1S(=O)(=O)N(C)C(=O)NCCC. The molecule has 0 aliphatic carbocycles. The van der Waals surface area contributed by atoms with Crippen LogP contribution in [-0.4, -0.2) is 38.1 Å². The van der Waals surface area contributed by atoms with Crippen molar-refractivity contribution >= 4 is 33.4 Å². The molecular formula is C25H41ClN2O4S. The lowest BCUT2D eigenvalue weighted by molar-refractivity contribution is 0.0975. The lowest BCUT2D eigenvalue weighted by atomic mass is 10.0. The van der Waals surface area contributed by atoms with Crippen LogP contribution in [0.1, 0.15) is 108 Å². The average molecular weight is 501 g/mol. The van der Waals surface area contributed by atoms with Crippen LogP contribution >= 0.6 is 11.6 Å². The summed E-state index contributed by atoms with van der Waals surface area (Å²) in [5.41, 5.74) is 0.0460. The highest BCUT2D eigenvalue weighted by molar-refractivity contribution is 7.89. The first-order chi connectivity index (χ1) is 15.8. The summed E-state index contributed by atoms with van der Waals surface area (Å²) in [5, 5.41) is 2.83. The predicted molar refractivity (Wildman–Crippen MR) is 135 cm³/mol. The second kappa shape index (κ2) is 16.1. The molecule has 0 heterocycles. The Morgan fingerprint density at radius 1 is 0.879 bits per heavy atom. The summed E-state index contributed by atoms with van der Waals surface area (Å²) >= 11 is 6.05. The van der Waals surface area contributed by atoms with Gasteiger partial charge in [-0.2, -0.15) is 0 Å². The van der Waals surface area contributed by atoms with Gasteiger partial charge in [0.25, 0.3) is 10.0 Å². The number of Topliss-reactive ketones (excluding diaryl/α,β-unsaturated/α-hetero) is 1. The number of nitrogens with one attached hydrogen (secondary N) is 1. The number of halogens is 1. The van der Waals surface area contributed by atoms with Crippen LogP contribution in [0.4, 0.5) is 4.79 Å². The maximum absolute atomic E-state index is 13.0. The normalized spacial score (nSPS) is 11.4. The van der Waals surface area contributed by atoms with Crippen LogP contribution in [0.3, 0.4) is 0 Å². The second-order valence-corrected chi connectivity index (χ2v) is 10.9. The van der Waals surface area contributed by atoms with E-state index in [2.05, 4.69) is 12.2 Å². The maximum atomic E-state index is 13.0. The Labute approximate surface area is 205 Å². The van der Waals surface area contributed by atoms with Crippen molar-refractivity contribution < 1.29 is 18.0 Å². The molecule has 0 radical (unpaired) electrons. The highest BCUT2D eigenvalue weighted by Crippen LogP contribution is 2.25. The molecule has 0 unspecified atom stereocenters. The van der Waals surface area contributed by atoms with E-state index in [0.29, 0.717) is 23.7 Å². The zero-order chi connectivity index (χ0) is 24.7. The molecule has 1 aromatic carbocycles. The number of amides is 2. The summed E-state index contributed by atoms with van der Waals surface area (Å²) in [6.45, 7) is 4.46. The number of carbonyl (C=O) groups is 2. The van der Waals surface area contributed by atoms with E-state index in [1.165, 1.54) is 70.2 Å². The molecule has 1 aromatic rings. The van der Waals surface area contributed by atoms with E-state index in [-0.39, 0.29) is 27.7 Å². The molecule has 0 spiro atoms. The molecule has 0 fully saturated rings. The highest BCUT2D eigenvalue weighted by atomic mass is 35.5. The van der Waals surface area contributed by atoms with Crippen LogP contribution in [0, 0.1) is 0 Å². The first-order valence-electron chi connectivity index (χ1n) is 12.3. The third-order valence-corrected chi connectivity index (χ3v) is 7.73. The van der Waals surface area contributed by atoms with E-state index in [1.54, 1.807) is 0 Å². The smallest absolute Gasteiger partial charge is 0.331 e. The van der Waals surface area contributed by atoms with E-state index in [9.17, 15) is 18.0 Å².